The first-order valence-corrected chi connectivity index (χ1v) is 10.9. The van der Waals surface area contributed by atoms with E-state index in [1.54, 1.807) is 11.3 Å². The predicted molar refractivity (Wildman–Crippen MR) is 126 cm³/mol. The van der Waals surface area contributed by atoms with Crippen LogP contribution in [-0.4, -0.2) is 14.5 Å². The zero-order chi connectivity index (χ0) is 20.6. The first-order chi connectivity index (χ1) is 15.4. The third-order valence-corrected chi connectivity index (χ3v) is 6.09. The minimum Gasteiger partial charge on any atom is -0.457 e. The molecule has 148 valence electrons. The summed E-state index contributed by atoms with van der Waals surface area (Å²) in [7, 11) is 0. The number of rotatable bonds is 4. The van der Waals surface area contributed by atoms with Crippen LogP contribution in [0.15, 0.2) is 103 Å². The minimum absolute atomic E-state index is 0.781. The third-order valence-electron chi connectivity index (χ3n) is 5.27. The van der Waals surface area contributed by atoms with Gasteiger partial charge in [-0.05, 0) is 42.5 Å². The van der Waals surface area contributed by atoms with Crippen LogP contribution in [0, 0.1) is 0 Å². The molecule has 3 aromatic heterocycles. The maximum Gasteiger partial charge on any atom is 0.137 e. The molecule has 6 rings (SSSR count). The molecule has 3 heterocycles. The lowest BCUT2D eigenvalue weighted by molar-refractivity contribution is 0.483. The number of hydrogen-bond acceptors (Lipinski definition) is 4. The van der Waals surface area contributed by atoms with Gasteiger partial charge in [0.15, 0.2) is 0 Å². The SMILES string of the molecule is c1ccc(-n2c3ccccc3c3ccc(Oc4cccc(-c5nccs5)c4)cc32)nc1. The molecule has 0 atom stereocenters. The van der Waals surface area contributed by atoms with Crippen molar-refractivity contribution in [3.63, 3.8) is 0 Å². The molecule has 5 heteroatoms. The lowest BCUT2D eigenvalue weighted by Crippen LogP contribution is -1.96. The van der Waals surface area contributed by atoms with Crippen molar-refractivity contribution in [3.05, 3.63) is 103 Å². The van der Waals surface area contributed by atoms with Gasteiger partial charge in [-0.2, -0.15) is 0 Å². The van der Waals surface area contributed by atoms with Crippen LogP contribution < -0.4 is 4.74 Å². The Morgan fingerprint density at radius 2 is 1.55 bits per heavy atom. The molecule has 0 aliphatic rings. The Hall–Kier alpha value is -3.96. The van der Waals surface area contributed by atoms with Crippen LogP contribution in [0.1, 0.15) is 0 Å². The second-order valence-corrected chi connectivity index (χ2v) is 8.08. The molecule has 0 N–H and O–H groups in total. The number of fused-ring (bicyclic) bond motifs is 3. The fourth-order valence-corrected chi connectivity index (χ4v) is 4.58. The maximum absolute atomic E-state index is 6.26. The smallest absolute Gasteiger partial charge is 0.137 e. The molecule has 3 aromatic carbocycles. The number of aromatic nitrogens is 3. The Balaban J connectivity index is 1.48. The van der Waals surface area contributed by atoms with Crippen LogP contribution in [0.25, 0.3) is 38.2 Å². The molecule has 0 saturated heterocycles. The predicted octanol–water partition coefficient (Wildman–Crippen LogP) is 7.09. The molecule has 31 heavy (non-hydrogen) atoms. The summed E-state index contributed by atoms with van der Waals surface area (Å²) < 4.78 is 8.44. The first-order valence-electron chi connectivity index (χ1n) is 9.99. The van der Waals surface area contributed by atoms with Gasteiger partial charge in [-0.25, -0.2) is 9.97 Å². The van der Waals surface area contributed by atoms with E-state index in [-0.39, 0.29) is 0 Å². The highest BCUT2D eigenvalue weighted by molar-refractivity contribution is 7.13. The summed E-state index contributed by atoms with van der Waals surface area (Å²) in [6.07, 6.45) is 3.64. The maximum atomic E-state index is 6.26. The number of hydrogen-bond donors (Lipinski definition) is 0. The standard InChI is InChI=1S/C26H17N3OS/c1-2-9-23-21(8-1)22-12-11-20(17-24(22)29(23)25-10-3-4-13-27-25)30-19-7-5-6-18(16-19)26-28-14-15-31-26/h1-17H. The van der Waals surface area contributed by atoms with Crippen LogP contribution in [0.4, 0.5) is 0 Å². The van der Waals surface area contributed by atoms with Gasteiger partial charge in [-0.1, -0.05) is 36.4 Å². The summed E-state index contributed by atoms with van der Waals surface area (Å²) in [5, 5.41) is 5.33. The molecule has 4 nitrogen and oxygen atoms in total. The van der Waals surface area contributed by atoms with Gasteiger partial charge >= 0.3 is 0 Å². The van der Waals surface area contributed by atoms with Crippen molar-refractivity contribution in [2.75, 3.05) is 0 Å². The van der Waals surface area contributed by atoms with Crippen molar-refractivity contribution in [2.24, 2.45) is 0 Å². The topological polar surface area (TPSA) is 39.9 Å². The van der Waals surface area contributed by atoms with Crippen molar-refractivity contribution in [1.82, 2.24) is 14.5 Å². The molecule has 0 amide bonds. The van der Waals surface area contributed by atoms with E-state index >= 15 is 0 Å². The average Bonchev–Trinajstić information content (AvgIpc) is 3.46. The fourth-order valence-electron chi connectivity index (χ4n) is 3.94. The van der Waals surface area contributed by atoms with E-state index < -0.39 is 0 Å². The summed E-state index contributed by atoms with van der Waals surface area (Å²) in [4.78, 5) is 8.99. The number of ether oxygens (including phenoxy) is 1. The molecule has 0 spiro atoms. The summed E-state index contributed by atoms with van der Waals surface area (Å²) in [5.74, 6) is 2.45. The molecular formula is C26H17N3OS. The third kappa shape index (κ3) is 3.16. The Bertz CT molecular complexity index is 1500. The number of thiazole rings is 1. The average molecular weight is 420 g/mol. The molecule has 6 aromatic rings. The van der Waals surface area contributed by atoms with E-state index in [4.69, 9.17) is 4.74 Å². The van der Waals surface area contributed by atoms with E-state index in [1.807, 2.05) is 66.3 Å². The van der Waals surface area contributed by atoms with Gasteiger partial charge in [0.2, 0.25) is 0 Å². The van der Waals surface area contributed by atoms with E-state index in [2.05, 4.69) is 50.9 Å². The minimum atomic E-state index is 0.781. The molecule has 0 saturated carbocycles. The van der Waals surface area contributed by atoms with Gasteiger partial charge < -0.3 is 4.74 Å². The van der Waals surface area contributed by atoms with Crippen molar-refractivity contribution < 1.29 is 4.74 Å². The largest absolute Gasteiger partial charge is 0.457 e. The molecule has 0 bridgehead atoms. The van der Waals surface area contributed by atoms with Gasteiger partial charge in [0, 0.05) is 40.2 Å². The molecule has 0 radical (unpaired) electrons. The summed E-state index contributed by atoms with van der Waals surface area (Å²) in [6, 6.07) is 28.6. The van der Waals surface area contributed by atoms with E-state index in [0.29, 0.717) is 0 Å². The highest BCUT2D eigenvalue weighted by atomic mass is 32.1. The number of nitrogens with zero attached hydrogens (tertiary/aromatic N) is 3. The molecular weight excluding hydrogens is 402 g/mol. The first kappa shape index (κ1) is 17.9. The van der Waals surface area contributed by atoms with E-state index in [9.17, 15) is 0 Å². The summed E-state index contributed by atoms with van der Waals surface area (Å²) in [6.45, 7) is 0. The van der Waals surface area contributed by atoms with Crippen LogP contribution in [0.2, 0.25) is 0 Å². The Kier molecular flexibility index (Phi) is 4.25. The lowest BCUT2D eigenvalue weighted by Gasteiger charge is -2.09. The number of benzene rings is 3. The summed E-state index contributed by atoms with van der Waals surface area (Å²) in [5.41, 5.74) is 3.24. The van der Waals surface area contributed by atoms with E-state index in [1.165, 1.54) is 10.8 Å². The van der Waals surface area contributed by atoms with Crippen molar-refractivity contribution in [3.8, 4) is 27.9 Å². The highest BCUT2D eigenvalue weighted by Crippen LogP contribution is 2.35. The Labute approximate surface area is 183 Å². The zero-order valence-electron chi connectivity index (χ0n) is 16.5. The highest BCUT2D eigenvalue weighted by Gasteiger charge is 2.14. The Morgan fingerprint density at radius 1 is 0.677 bits per heavy atom. The zero-order valence-corrected chi connectivity index (χ0v) is 17.3. The van der Waals surface area contributed by atoms with Gasteiger partial charge in [0.1, 0.15) is 22.3 Å². The molecule has 0 fully saturated rings. The normalized spacial score (nSPS) is 11.2. The van der Waals surface area contributed by atoms with Crippen LogP contribution in [0.3, 0.4) is 0 Å². The van der Waals surface area contributed by atoms with Crippen LogP contribution in [-0.2, 0) is 0 Å². The molecule has 0 aliphatic heterocycles. The second-order valence-electron chi connectivity index (χ2n) is 7.19. The fraction of sp³-hybridized carbons (Fsp3) is 0. The summed E-state index contributed by atoms with van der Waals surface area (Å²) >= 11 is 1.62. The van der Waals surface area contributed by atoms with Gasteiger partial charge in [0.05, 0.1) is 11.0 Å². The monoisotopic (exact) mass is 419 g/mol. The second kappa shape index (κ2) is 7.38. The van der Waals surface area contributed by atoms with E-state index in [0.717, 1.165) is 38.9 Å². The van der Waals surface area contributed by atoms with Crippen molar-refractivity contribution >= 4 is 33.1 Å². The van der Waals surface area contributed by atoms with Gasteiger partial charge in [-0.15, -0.1) is 11.3 Å². The van der Waals surface area contributed by atoms with Gasteiger partial charge in [0.25, 0.3) is 0 Å². The van der Waals surface area contributed by atoms with Gasteiger partial charge in [-0.3, -0.25) is 4.57 Å². The lowest BCUT2D eigenvalue weighted by atomic mass is 10.1. The van der Waals surface area contributed by atoms with Crippen LogP contribution in [0.5, 0.6) is 11.5 Å². The van der Waals surface area contributed by atoms with Crippen molar-refractivity contribution in [1.29, 1.82) is 0 Å². The molecule has 0 unspecified atom stereocenters. The quantitative estimate of drug-likeness (QED) is 0.306. The Morgan fingerprint density at radius 3 is 2.42 bits per heavy atom. The number of pyridine rings is 1. The van der Waals surface area contributed by atoms with Crippen LogP contribution >= 0.6 is 11.3 Å². The van der Waals surface area contributed by atoms with Crippen molar-refractivity contribution in [2.45, 2.75) is 0 Å². The molecule has 0 aliphatic carbocycles. The number of para-hydroxylation sites is 1.